The average molecular weight is 436 g/mol. The molecule has 3 aromatic rings. The van der Waals surface area contributed by atoms with E-state index in [9.17, 15) is 5.11 Å². The van der Waals surface area contributed by atoms with E-state index in [-0.39, 0.29) is 6.61 Å². The van der Waals surface area contributed by atoms with Crippen LogP contribution in [0.5, 0.6) is 5.75 Å². The summed E-state index contributed by atoms with van der Waals surface area (Å²) in [6.07, 6.45) is 1.58. The lowest BCUT2D eigenvalue weighted by molar-refractivity contribution is 0.126. The molecule has 5 nitrogen and oxygen atoms in total. The molecular weight excluding hydrogens is 417 g/mol. The molecule has 0 amide bonds. The first-order valence-corrected chi connectivity index (χ1v) is 10.8. The van der Waals surface area contributed by atoms with Gasteiger partial charge in [0.25, 0.3) is 0 Å². The van der Waals surface area contributed by atoms with E-state index in [1.54, 1.807) is 18.2 Å². The highest BCUT2D eigenvalue weighted by atomic mass is 35.5. The molecular formula is C20H19Cl2N3O2S. The molecule has 1 unspecified atom stereocenters. The van der Waals surface area contributed by atoms with E-state index >= 15 is 0 Å². The number of halogens is 2. The first-order valence-electron chi connectivity index (χ1n) is 9.02. The summed E-state index contributed by atoms with van der Waals surface area (Å²) in [5.74, 6) is 2.26. The van der Waals surface area contributed by atoms with Crippen molar-refractivity contribution >= 4 is 35.0 Å². The Morgan fingerprint density at radius 1 is 1.07 bits per heavy atom. The molecule has 0 saturated heterocycles. The van der Waals surface area contributed by atoms with E-state index in [2.05, 4.69) is 14.8 Å². The standard InChI is InChI=1S/C20H19Cl2N3O2S/c21-16-7-4-8-17(22)18(16)27-11-15(26)12-28-20-24-23-19(13-9-10-13)25(20)14-5-2-1-3-6-14/h1-8,13,15,26H,9-12H2. The highest BCUT2D eigenvalue weighted by molar-refractivity contribution is 7.99. The zero-order valence-corrected chi connectivity index (χ0v) is 17.3. The van der Waals surface area contributed by atoms with Gasteiger partial charge in [-0.2, -0.15) is 0 Å². The number of hydrogen-bond acceptors (Lipinski definition) is 5. The van der Waals surface area contributed by atoms with Crippen molar-refractivity contribution in [2.75, 3.05) is 12.4 Å². The van der Waals surface area contributed by atoms with Crippen molar-refractivity contribution in [2.45, 2.75) is 30.0 Å². The summed E-state index contributed by atoms with van der Waals surface area (Å²) < 4.78 is 7.70. The maximum atomic E-state index is 10.4. The molecule has 0 bridgehead atoms. The Labute approximate surface area is 177 Å². The van der Waals surface area contributed by atoms with Gasteiger partial charge >= 0.3 is 0 Å². The molecule has 0 aliphatic heterocycles. The van der Waals surface area contributed by atoms with Gasteiger partial charge in [0.05, 0.1) is 16.1 Å². The van der Waals surface area contributed by atoms with Crippen molar-refractivity contribution in [3.8, 4) is 11.4 Å². The Balaban J connectivity index is 1.42. The van der Waals surface area contributed by atoms with Gasteiger partial charge in [0.2, 0.25) is 0 Å². The fourth-order valence-electron chi connectivity index (χ4n) is 2.82. The van der Waals surface area contributed by atoms with Crippen LogP contribution in [0, 0.1) is 0 Å². The number of hydrogen-bond donors (Lipinski definition) is 1. The summed E-state index contributed by atoms with van der Waals surface area (Å²) >= 11 is 13.6. The van der Waals surface area contributed by atoms with Crippen LogP contribution in [0.15, 0.2) is 53.7 Å². The number of aliphatic hydroxyl groups excluding tert-OH is 1. The monoisotopic (exact) mass is 435 g/mol. The average Bonchev–Trinajstić information content (AvgIpc) is 3.46. The molecule has 8 heteroatoms. The fourth-order valence-corrected chi connectivity index (χ4v) is 4.19. The van der Waals surface area contributed by atoms with E-state index in [0.717, 1.165) is 29.5 Å². The van der Waals surface area contributed by atoms with Gasteiger partial charge < -0.3 is 9.84 Å². The Kier molecular flexibility index (Phi) is 6.11. The van der Waals surface area contributed by atoms with Gasteiger partial charge in [0, 0.05) is 17.4 Å². The summed E-state index contributed by atoms with van der Waals surface area (Å²) in [5.41, 5.74) is 1.03. The molecule has 4 rings (SSSR count). The molecule has 1 saturated carbocycles. The maximum absolute atomic E-state index is 10.4. The zero-order chi connectivity index (χ0) is 19.5. The third-order valence-corrected chi connectivity index (χ3v) is 6.03. The first-order chi connectivity index (χ1) is 13.6. The van der Waals surface area contributed by atoms with Crippen molar-refractivity contribution in [3.05, 3.63) is 64.4 Å². The minimum Gasteiger partial charge on any atom is -0.488 e. The molecule has 1 fully saturated rings. The highest BCUT2D eigenvalue weighted by Gasteiger charge is 2.31. The second-order valence-corrected chi connectivity index (χ2v) is 8.41. The molecule has 0 radical (unpaired) electrons. The predicted octanol–water partition coefficient (Wildman–Crippen LogP) is 4.98. The van der Waals surface area contributed by atoms with E-state index in [4.69, 9.17) is 27.9 Å². The first kappa shape index (κ1) is 19.6. The molecule has 28 heavy (non-hydrogen) atoms. The van der Waals surface area contributed by atoms with Crippen LogP contribution in [0.25, 0.3) is 5.69 Å². The Morgan fingerprint density at radius 3 is 2.46 bits per heavy atom. The molecule has 1 N–H and O–H groups in total. The molecule has 2 aromatic carbocycles. The molecule has 1 heterocycles. The molecule has 1 aliphatic carbocycles. The van der Waals surface area contributed by atoms with Gasteiger partial charge in [-0.25, -0.2) is 0 Å². The van der Waals surface area contributed by atoms with Crippen molar-refractivity contribution in [1.82, 2.24) is 14.8 Å². The van der Waals surface area contributed by atoms with Crippen LogP contribution in [-0.2, 0) is 0 Å². The number of aliphatic hydroxyl groups is 1. The number of thioether (sulfide) groups is 1. The van der Waals surface area contributed by atoms with E-state index in [1.807, 2.05) is 30.3 Å². The second kappa shape index (κ2) is 8.74. The third kappa shape index (κ3) is 4.46. The van der Waals surface area contributed by atoms with Crippen molar-refractivity contribution in [3.63, 3.8) is 0 Å². The Hall–Kier alpha value is -1.73. The fraction of sp³-hybridized carbons (Fsp3) is 0.300. The Morgan fingerprint density at radius 2 is 1.79 bits per heavy atom. The highest BCUT2D eigenvalue weighted by Crippen LogP contribution is 2.41. The van der Waals surface area contributed by atoms with Crippen LogP contribution >= 0.6 is 35.0 Å². The number of para-hydroxylation sites is 2. The summed E-state index contributed by atoms with van der Waals surface area (Å²) in [4.78, 5) is 0. The molecule has 146 valence electrons. The van der Waals surface area contributed by atoms with Crippen molar-refractivity contribution in [1.29, 1.82) is 0 Å². The third-order valence-electron chi connectivity index (χ3n) is 4.36. The molecule has 1 aliphatic rings. The zero-order valence-electron chi connectivity index (χ0n) is 15.0. The van der Waals surface area contributed by atoms with Gasteiger partial charge in [-0.05, 0) is 37.1 Å². The second-order valence-electron chi connectivity index (χ2n) is 6.61. The van der Waals surface area contributed by atoms with Crippen LogP contribution in [0.4, 0.5) is 0 Å². The van der Waals surface area contributed by atoms with Gasteiger partial charge in [-0.3, -0.25) is 4.57 Å². The molecule has 0 spiro atoms. The van der Waals surface area contributed by atoms with Crippen LogP contribution in [-0.4, -0.2) is 38.3 Å². The van der Waals surface area contributed by atoms with E-state index < -0.39 is 6.10 Å². The summed E-state index contributed by atoms with van der Waals surface area (Å²) in [5, 5.41) is 20.7. The van der Waals surface area contributed by atoms with Crippen molar-refractivity contribution in [2.24, 2.45) is 0 Å². The molecule has 1 aromatic heterocycles. The van der Waals surface area contributed by atoms with E-state index in [1.165, 1.54) is 11.8 Å². The summed E-state index contributed by atoms with van der Waals surface area (Å²) in [6.45, 7) is 0.0887. The quantitative estimate of drug-likeness (QED) is 0.505. The summed E-state index contributed by atoms with van der Waals surface area (Å²) in [6, 6.07) is 15.2. The number of benzene rings is 2. The van der Waals surface area contributed by atoms with Gasteiger partial charge in [-0.15, -0.1) is 10.2 Å². The number of rotatable bonds is 8. The number of nitrogens with zero attached hydrogens (tertiary/aromatic N) is 3. The number of ether oxygens (including phenoxy) is 1. The lowest BCUT2D eigenvalue weighted by Gasteiger charge is -2.14. The lowest BCUT2D eigenvalue weighted by Crippen LogP contribution is -2.20. The van der Waals surface area contributed by atoms with Crippen LogP contribution < -0.4 is 4.74 Å². The molecule has 1 atom stereocenters. The largest absolute Gasteiger partial charge is 0.488 e. The van der Waals surface area contributed by atoms with Gasteiger partial charge in [0.15, 0.2) is 10.9 Å². The minimum atomic E-state index is -0.706. The normalized spacial score (nSPS) is 14.8. The van der Waals surface area contributed by atoms with Crippen LogP contribution in [0.3, 0.4) is 0 Å². The number of aromatic nitrogens is 3. The lowest BCUT2D eigenvalue weighted by atomic mass is 10.3. The minimum absolute atomic E-state index is 0.0887. The smallest absolute Gasteiger partial charge is 0.195 e. The SMILES string of the molecule is OC(COc1c(Cl)cccc1Cl)CSc1nnc(C2CC2)n1-c1ccccc1. The predicted molar refractivity (Wildman–Crippen MR) is 112 cm³/mol. The maximum Gasteiger partial charge on any atom is 0.195 e. The Bertz CT molecular complexity index is 928. The van der Waals surface area contributed by atoms with E-state index in [0.29, 0.717) is 27.5 Å². The van der Waals surface area contributed by atoms with Crippen LogP contribution in [0.1, 0.15) is 24.6 Å². The van der Waals surface area contributed by atoms with Crippen molar-refractivity contribution < 1.29 is 9.84 Å². The summed E-state index contributed by atoms with van der Waals surface area (Å²) in [7, 11) is 0. The van der Waals surface area contributed by atoms with Crippen LogP contribution in [0.2, 0.25) is 10.0 Å². The van der Waals surface area contributed by atoms with Gasteiger partial charge in [-0.1, -0.05) is 59.2 Å². The topological polar surface area (TPSA) is 60.2 Å². The van der Waals surface area contributed by atoms with Gasteiger partial charge in [0.1, 0.15) is 12.4 Å².